The number of nitrogens with two attached hydrogens (primary N) is 1. The first-order valence-corrected chi connectivity index (χ1v) is 6.94. The predicted molar refractivity (Wildman–Crippen MR) is 72.4 cm³/mol. The quantitative estimate of drug-likeness (QED) is 0.878. The van der Waals surface area contributed by atoms with Gasteiger partial charge in [-0.05, 0) is 29.8 Å². The normalized spacial score (nSPS) is 12.3. The molecule has 2 N–H and O–H groups in total. The molecule has 1 unspecified atom stereocenters. The van der Waals surface area contributed by atoms with Crippen LogP contribution in [0.3, 0.4) is 0 Å². The van der Waals surface area contributed by atoms with Crippen molar-refractivity contribution in [2.24, 2.45) is 0 Å². The summed E-state index contributed by atoms with van der Waals surface area (Å²) in [7, 11) is -1.37. The van der Waals surface area contributed by atoms with Gasteiger partial charge in [0.2, 0.25) is 0 Å². The van der Waals surface area contributed by atoms with Crippen molar-refractivity contribution in [2.75, 3.05) is 5.73 Å². The first-order valence-electron chi connectivity index (χ1n) is 5.24. The lowest BCUT2D eigenvalue weighted by molar-refractivity contribution is 0.623. The molecule has 2 nitrogen and oxygen atoms in total. The SMILES string of the molecule is Nc1cc(F)cc(S(=O)Cc2ccccc2Cl)c1. The van der Waals surface area contributed by atoms with E-state index >= 15 is 0 Å². The molecule has 0 spiro atoms. The summed E-state index contributed by atoms with van der Waals surface area (Å²) in [6, 6.07) is 11.1. The highest BCUT2D eigenvalue weighted by Gasteiger charge is 2.09. The fourth-order valence-electron chi connectivity index (χ4n) is 1.56. The Morgan fingerprint density at radius 2 is 1.94 bits per heavy atom. The Labute approximate surface area is 112 Å². The maximum atomic E-state index is 13.2. The van der Waals surface area contributed by atoms with Crippen LogP contribution >= 0.6 is 11.6 Å². The molecule has 5 heteroatoms. The van der Waals surface area contributed by atoms with Crippen LogP contribution < -0.4 is 5.73 Å². The van der Waals surface area contributed by atoms with Crippen LogP contribution in [0.5, 0.6) is 0 Å². The van der Waals surface area contributed by atoms with E-state index in [2.05, 4.69) is 0 Å². The number of benzene rings is 2. The Morgan fingerprint density at radius 3 is 2.61 bits per heavy atom. The fourth-order valence-corrected chi connectivity index (χ4v) is 3.05. The molecular formula is C13H11ClFNOS. The van der Waals surface area contributed by atoms with Gasteiger partial charge in [0.1, 0.15) is 5.82 Å². The van der Waals surface area contributed by atoms with E-state index in [1.165, 1.54) is 18.2 Å². The first-order chi connectivity index (χ1) is 8.56. The van der Waals surface area contributed by atoms with Crippen LogP contribution in [0.2, 0.25) is 5.02 Å². The van der Waals surface area contributed by atoms with Gasteiger partial charge in [0.15, 0.2) is 0 Å². The molecule has 0 aliphatic rings. The highest BCUT2D eigenvalue weighted by Crippen LogP contribution is 2.21. The van der Waals surface area contributed by atoms with Crippen LogP contribution in [-0.4, -0.2) is 4.21 Å². The van der Waals surface area contributed by atoms with Crippen molar-refractivity contribution >= 4 is 28.1 Å². The topological polar surface area (TPSA) is 43.1 Å². The highest BCUT2D eigenvalue weighted by atomic mass is 35.5. The van der Waals surface area contributed by atoms with E-state index < -0.39 is 16.6 Å². The fraction of sp³-hybridized carbons (Fsp3) is 0.0769. The molecule has 0 aliphatic carbocycles. The lowest BCUT2D eigenvalue weighted by atomic mass is 10.2. The van der Waals surface area contributed by atoms with Crippen molar-refractivity contribution in [3.8, 4) is 0 Å². The van der Waals surface area contributed by atoms with Crippen LogP contribution in [0.15, 0.2) is 47.4 Å². The molecule has 2 aromatic carbocycles. The van der Waals surface area contributed by atoms with Crippen LogP contribution in [-0.2, 0) is 16.6 Å². The average Bonchev–Trinajstić information content (AvgIpc) is 2.31. The van der Waals surface area contributed by atoms with Gasteiger partial charge in [-0.1, -0.05) is 29.8 Å². The highest BCUT2D eigenvalue weighted by molar-refractivity contribution is 7.84. The van der Waals surface area contributed by atoms with E-state index in [9.17, 15) is 8.60 Å². The third kappa shape index (κ3) is 3.09. The van der Waals surface area contributed by atoms with Crippen LogP contribution in [0, 0.1) is 5.82 Å². The molecule has 94 valence electrons. The lowest BCUT2D eigenvalue weighted by Gasteiger charge is -2.05. The number of hydrogen-bond acceptors (Lipinski definition) is 2. The van der Waals surface area contributed by atoms with E-state index in [-0.39, 0.29) is 11.4 Å². The van der Waals surface area contributed by atoms with E-state index in [0.29, 0.717) is 9.92 Å². The summed E-state index contributed by atoms with van der Waals surface area (Å²) in [4.78, 5) is 0.368. The summed E-state index contributed by atoms with van der Waals surface area (Å²) < 4.78 is 25.3. The van der Waals surface area contributed by atoms with Crippen LogP contribution in [0.25, 0.3) is 0 Å². The molecule has 0 fully saturated rings. The van der Waals surface area contributed by atoms with Gasteiger partial charge in [0.05, 0.1) is 16.6 Å². The van der Waals surface area contributed by atoms with Crippen molar-refractivity contribution in [3.05, 3.63) is 58.9 Å². The van der Waals surface area contributed by atoms with Crippen LogP contribution in [0.4, 0.5) is 10.1 Å². The maximum Gasteiger partial charge on any atom is 0.126 e. The largest absolute Gasteiger partial charge is 0.399 e. The van der Waals surface area contributed by atoms with Crippen molar-refractivity contribution in [3.63, 3.8) is 0 Å². The molecule has 0 bridgehead atoms. The summed E-state index contributed by atoms with van der Waals surface area (Å²) in [6.45, 7) is 0. The molecule has 0 saturated carbocycles. The standard InChI is InChI=1S/C13H11ClFNOS/c14-13-4-2-1-3-9(13)8-18(17)12-6-10(15)5-11(16)7-12/h1-7H,8,16H2. The second-order valence-corrected chi connectivity index (χ2v) is 5.66. The zero-order valence-electron chi connectivity index (χ0n) is 9.40. The number of halogens is 2. The molecule has 0 radical (unpaired) electrons. The summed E-state index contributed by atoms with van der Waals surface area (Å²) in [5, 5.41) is 0.551. The molecule has 0 saturated heterocycles. The van der Waals surface area contributed by atoms with Crippen molar-refractivity contribution in [1.82, 2.24) is 0 Å². The zero-order valence-corrected chi connectivity index (χ0v) is 11.0. The Kier molecular flexibility index (Phi) is 3.99. The molecule has 18 heavy (non-hydrogen) atoms. The third-order valence-corrected chi connectivity index (χ3v) is 4.10. The molecule has 2 rings (SSSR count). The van der Waals surface area contributed by atoms with E-state index in [0.717, 1.165) is 5.56 Å². The van der Waals surface area contributed by atoms with Gasteiger partial charge in [0.25, 0.3) is 0 Å². The van der Waals surface area contributed by atoms with Gasteiger partial charge >= 0.3 is 0 Å². The lowest BCUT2D eigenvalue weighted by Crippen LogP contribution is -1.99. The molecule has 1 atom stereocenters. The monoisotopic (exact) mass is 283 g/mol. The van der Waals surface area contributed by atoms with Gasteiger partial charge in [-0.15, -0.1) is 0 Å². The summed E-state index contributed by atoms with van der Waals surface area (Å²) in [6.07, 6.45) is 0. The van der Waals surface area contributed by atoms with E-state index in [1.54, 1.807) is 18.2 Å². The predicted octanol–water partition coefficient (Wildman–Crippen LogP) is 3.37. The maximum absolute atomic E-state index is 13.2. The van der Waals surface area contributed by atoms with Gasteiger partial charge < -0.3 is 5.73 Å². The van der Waals surface area contributed by atoms with Crippen molar-refractivity contribution in [2.45, 2.75) is 10.6 Å². The van der Waals surface area contributed by atoms with Gasteiger partial charge in [-0.3, -0.25) is 4.21 Å². The zero-order chi connectivity index (χ0) is 13.1. The number of rotatable bonds is 3. The first kappa shape index (κ1) is 13.1. The minimum Gasteiger partial charge on any atom is -0.399 e. The number of nitrogen functional groups attached to an aromatic ring is 1. The van der Waals surface area contributed by atoms with E-state index in [4.69, 9.17) is 17.3 Å². The number of anilines is 1. The van der Waals surface area contributed by atoms with Gasteiger partial charge in [-0.25, -0.2) is 4.39 Å². The summed E-state index contributed by atoms with van der Waals surface area (Å²) in [5.41, 5.74) is 6.55. The van der Waals surface area contributed by atoms with Gasteiger partial charge in [0, 0.05) is 15.6 Å². The van der Waals surface area contributed by atoms with Crippen molar-refractivity contribution < 1.29 is 8.60 Å². The molecule has 2 aromatic rings. The smallest absolute Gasteiger partial charge is 0.126 e. The molecule has 0 amide bonds. The Bertz CT molecular complexity index is 583. The average molecular weight is 284 g/mol. The van der Waals surface area contributed by atoms with Crippen LogP contribution in [0.1, 0.15) is 5.56 Å². The Hall–Kier alpha value is -1.39. The number of hydrogen-bond donors (Lipinski definition) is 1. The Morgan fingerprint density at radius 1 is 1.22 bits per heavy atom. The summed E-state index contributed by atoms with van der Waals surface area (Å²) >= 11 is 5.99. The molecule has 0 aromatic heterocycles. The van der Waals surface area contributed by atoms with Gasteiger partial charge in [-0.2, -0.15) is 0 Å². The third-order valence-electron chi connectivity index (χ3n) is 2.40. The second kappa shape index (κ2) is 5.50. The van der Waals surface area contributed by atoms with E-state index in [1.807, 2.05) is 6.07 Å². The second-order valence-electron chi connectivity index (χ2n) is 3.80. The molecule has 0 aliphatic heterocycles. The minimum atomic E-state index is -1.37. The summed E-state index contributed by atoms with van der Waals surface area (Å²) in [5.74, 6) is -0.250. The molecular weight excluding hydrogens is 273 g/mol. The molecule has 0 heterocycles. The minimum absolute atomic E-state index is 0.239. The van der Waals surface area contributed by atoms with Crippen molar-refractivity contribution in [1.29, 1.82) is 0 Å². The Balaban J connectivity index is 2.25.